The van der Waals surface area contributed by atoms with E-state index in [1.54, 1.807) is 7.11 Å². The van der Waals surface area contributed by atoms with E-state index < -0.39 is 0 Å². The largest absolute Gasteiger partial charge is 0.383 e. The first kappa shape index (κ1) is 11.5. The highest BCUT2D eigenvalue weighted by molar-refractivity contribution is 5.77. The monoisotopic (exact) mass is 200 g/mol. The smallest absolute Gasteiger partial charge is 0.234 e. The van der Waals surface area contributed by atoms with E-state index in [1.807, 2.05) is 0 Å². The molecule has 0 aromatic heterocycles. The van der Waals surface area contributed by atoms with E-state index in [-0.39, 0.29) is 5.91 Å². The molecule has 1 amide bonds. The maximum atomic E-state index is 11.2. The third-order valence-electron chi connectivity index (χ3n) is 2.54. The minimum Gasteiger partial charge on any atom is -0.383 e. The lowest BCUT2D eigenvalue weighted by Crippen LogP contribution is -2.39. The standard InChI is InChI=1S/C10H20N2O2/c1-8(9-3-4-9)12-7-10(13)11-5-6-14-2/h8-9,12H,3-7H2,1-2H3,(H,11,13). The van der Waals surface area contributed by atoms with E-state index in [0.717, 1.165) is 5.92 Å². The molecule has 0 bridgehead atoms. The zero-order valence-corrected chi connectivity index (χ0v) is 9.01. The summed E-state index contributed by atoms with van der Waals surface area (Å²) in [6, 6.07) is 0.475. The number of carbonyl (C=O) groups excluding carboxylic acids is 1. The van der Waals surface area contributed by atoms with E-state index in [4.69, 9.17) is 4.74 Å². The first-order chi connectivity index (χ1) is 6.74. The molecule has 14 heavy (non-hydrogen) atoms. The maximum Gasteiger partial charge on any atom is 0.234 e. The molecule has 1 rings (SSSR count). The number of ether oxygens (including phenoxy) is 1. The molecule has 4 heteroatoms. The second-order valence-electron chi connectivity index (χ2n) is 3.85. The van der Waals surface area contributed by atoms with Crippen LogP contribution < -0.4 is 10.6 Å². The second-order valence-corrected chi connectivity index (χ2v) is 3.85. The summed E-state index contributed by atoms with van der Waals surface area (Å²) in [5.41, 5.74) is 0. The minimum atomic E-state index is 0.0505. The van der Waals surface area contributed by atoms with Gasteiger partial charge in [-0.15, -0.1) is 0 Å². The first-order valence-electron chi connectivity index (χ1n) is 5.23. The average molecular weight is 200 g/mol. The fourth-order valence-corrected chi connectivity index (χ4v) is 1.37. The topological polar surface area (TPSA) is 50.4 Å². The molecule has 82 valence electrons. The van der Waals surface area contributed by atoms with Crippen molar-refractivity contribution in [1.29, 1.82) is 0 Å². The summed E-state index contributed by atoms with van der Waals surface area (Å²) in [7, 11) is 1.62. The quantitative estimate of drug-likeness (QED) is 0.575. The highest BCUT2D eigenvalue weighted by atomic mass is 16.5. The molecule has 0 saturated heterocycles. The molecule has 0 spiro atoms. The van der Waals surface area contributed by atoms with E-state index in [9.17, 15) is 4.79 Å². The van der Waals surface area contributed by atoms with Gasteiger partial charge in [0, 0.05) is 19.7 Å². The molecule has 2 N–H and O–H groups in total. The molecule has 1 atom stereocenters. The summed E-state index contributed by atoms with van der Waals surface area (Å²) in [6.45, 7) is 3.72. The van der Waals surface area contributed by atoms with Crippen molar-refractivity contribution < 1.29 is 9.53 Å². The Morgan fingerprint density at radius 3 is 2.86 bits per heavy atom. The van der Waals surface area contributed by atoms with E-state index in [0.29, 0.717) is 25.7 Å². The molecule has 0 radical (unpaired) electrons. The van der Waals surface area contributed by atoms with Crippen LogP contribution in [0, 0.1) is 5.92 Å². The molecule has 1 aliphatic rings. The molecule has 4 nitrogen and oxygen atoms in total. The van der Waals surface area contributed by atoms with Gasteiger partial charge in [-0.3, -0.25) is 4.79 Å². The Labute approximate surface area is 85.4 Å². The lowest BCUT2D eigenvalue weighted by atomic mass is 10.2. The van der Waals surface area contributed by atoms with Crippen molar-refractivity contribution >= 4 is 5.91 Å². The molecule has 1 unspecified atom stereocenters. The van der Waals surface area contributed by atoms with E-state index in [2.05, 4.69) is 17.6 Å². The Kier molecular flexibility index (Phi) is 4.90. The number of methoxy groups -OCH3 is 1. The molecular weight excluding hydrogens is 180 g/mol. The van der Waals surface area contributed by atoms with Crippen molar-refractivity contribution in [1.82, 2.24) is 10.6 Å². The van der Waals surface area contributed by atoms with Crippen LogP contribution in [0.3, 0.4) is 0 Å². The highest BCUT2D eigenvalue weighted by Gasteiger charge is 2.27. The summed E-state index contributed by atoms with van der Waals surface area (Å²) in [4.78, 5) is 11.2. The normalized spacial score (nSPS) is 17.9. The number of rotatable bonds is 7. The van der Waals surface area contributed by atoms with Gasteiger partial charge >= 0.3 is 0 Å². The summed E-state index contributed by atoms with van der Waals surface area (Å²) in [6.07, 6.45) is 2.61. The molecule has 1 aliphatic carbocycles. The van der Waals surface area contributed by atoms with Crippen LogP contribution in [-0.4, -0.2) is 38.8 Å². The minimum absolute atomic E-state index is 0.0505. The average Bonchev–Trinajstić information content (AvgIpc) is 2.98. The molecule has 0 aromatic carbocycles. The number of hydrogen-bond acceptors (Lipinski definition) is 3. The molecular formula is C10H20N2O2. The van der Waals surface area contributed by atoms with Crippen molar-refractivity contribution in [2.24, 2.45) is 5.92 Å². The summed E-state index contributed by atoms with van der Waals surface area (Å²) < 4.78 is 4.83. The van der Waals surface area contributed by atoms with Crippen molar-refractivity contribution in [3.63, 3.8) is 0 Å². The van der Waals surface area contributed by atoms with Gasteiger partial charge in [-0.2, -0.15) is 0 Å². The fourth-order valence-electron chi connectivity index (χ4n) is 1.37. The van der Waals surface area contributed by atoms with Crippen LogP contribution in [0.2, 0.25) is 0 Å². The van der Waals surface area contributed by atoms with Gasteiger partial charge < -0.3 is 15.4 Å². The van der Waals surface area contributed by atoms with E-state index >= 15 is 0 Å². The van der Waals surface area contributed by atoms with Crippen LogP contribution in [0.25, 0.3) is 0 Å². The molecule has 0 aromatic rings. The molecule has 0 heterocycles. The number of carbonyl (C=O) groups is 1. The first-order valence-corrected chi connectivity index (χ1v) is 5.23. The van der Waals surface area contributed by atoms with Crippen molar-refractivity contribution in [3.8, 4) is 0 Å². The van der Waals surface area contributed by atoms with E-state index in [1.165, 1.54) is 12.8 Å². The molecule has 0 aliphatic heterocycles. The van der Waals surface area contributed by atoms with Crippen molar-refractivity contribution in [2.45, 2.75) is 25.8 Å². The number of nitrogens with one attached hydrogen (secondary N) is 2. The third-order valence-corrected chi connectivity index (χ3v) is 2.54. The molecule has 1 saturated carbocycles. The maximum absolute atomic E-state index is 11.2. The Bertz CT molecular complexity index is 181. The van der Waals surface area contributed by atoms with Gasteiger partial charge in [-0.1, -0.05) is 0 Å². The number of hydrogen-bond donors (Lipinski definition) is 2. The third kappa shape index (κ3) is 4.58. The zero-order chi connectivity index (χ0) is 10.4. The Hall–Kier alpha value is -0.610. The lowest BCUT2D eigenvalue weighted by Gasteiger charge is -2.12. The fraction of sp³-hybridized carbons (Fsp3) is 0.900. The van der Waals surface area contributed by atoms with Gasteiger partial charge in [0.15, 0.2) is 0 Å². The lowest BCUT2D eigenvalue weighted by molar-refractivity contribution is -0.120. The van der Waals surface area contributed by atoms with Crippen LogP contribution in [0.15, 0.2) is 0 Å². The second kappa shape index (κ2) is 5.98. The summed E-state index contributed by atoms with van der Waals surface area (Å²) in [5.74, 6) is 0.844. The van der Waals surface area contributed by atoms with Crippen LogP contribution in [0.4, 0.5) is 0 Å². The van der Waals surface area contributed by atoms with Crippen molar-refractivity contribution in [2.75, 3.05) is 26.8 Å². The highest BCUT2D eigenvalue weighted by Crippen LogP contribution is 2.32. The van der Waals surface area contributed by atoms with Gasteiger partial charge in [0.25, 0.3) is 0 Å². The summed E-state index contributed by atoms with van der Waals surface area (Å²) >= 11 is 0. The predicted molar refractivity (Wildman–Crippen MR) is 55.1 cm³/mol. The van der Waals surface area contributed by atoms with Gasteiger partial charge in [0.2, 0.25) is 5.91 Å². The van der Waals surface area contributed by atoms with Gasteiger partial charge in [0.1, 0.15) is 0 Å². The SMILES string of the molecule is COCCNC(=O)CNC(C)C1CC1. The van der Waals surface area contributed by atoms with Crippen molar-refractivity contribution in [3.05, 3.63) is 0 Å². The van der Waals surface area contributed by atoms with Crippen LogP contribution in [0.1, 0.15) is 19.8 Å². The van der Waals surface area contributed by atoms with Gasteiger partial charge in [0.05, 0.1) is 13.2 Å². The van der Waals surface area contributed by atoms with Crippen LogP contribution >= 0.6 is 0 Å². The summed E-state index contributed by atoms with van der Waals surface area (Å²) in [5, 5.41) is 5.99. The van der Waals surface area contributed by atoms with Gasteiger partial charge in [-0.05, 0) is 25.7 Å². The predicted octanol–water partition coefficient (Wildman–Crippen LogP) is 0.137. The Morgan fingerprint density at radius 2 is 2.29 bits per heavy atom. The Balaban J connectivity index is 1.96. The Morgan fingerprint density at radius 1 is 1.57 bits per heavy atom. The van der Waals surface area contributed by atoms with Gasteiger partial charge in [-0.25, -0.2) is 0 Å². The zero-order valence-electron chi connectivity index (χ0n) is 9.01. The molecule has 1 fully saturated rings. The van der Waals surface area contributed by atoms with Crippen LogP contribution in [0.5, 0.6) is 0 Å². The number of amides is 1. The van der Waals surface area contributed by atoms with Crippen LogP contribution in [-0.2, 0) is 9.53 Å².